The average molecular weight is 295 g/mol. The van der Waals surface area contributed by atoms with E-state index in [1.807, 2.05) is 42.7 Å². The molecule has 2 N–H and O–H groups in total. The second-order valence-corrected chi connectivity index (χ2v) is 5.34. The quantitative estimate of drug-likeness (QED) is 0.664. The van der Waals surface area contributed by atoms with Gasteiger partial charge in [-0.25, -0.2) is 0 Å². The van der Waals surface area contributed by atoms with E-state index in [1.54, 1.807) is 24.3 Å². The molecule has 1 heterocycles. The van der Waals surface area contributed by atoms with Crippen LogP contribution in [-0.2, 0) is 0 Å². The first-order valence-corrected chi connectivity index (χ1v) is 7.11. The Bertz CT molecular complexity index is 850. The minimum absolute atomic E-state index is 0.0540. The molecule has 0 amide bonds. The van der Waals surface area contributed by atoms with Gasteiger partial charge in [0, 0.05) is 11.4 Å². The lowest BCUT2D eigenvalue weighted by Crippen LogP contribution is -1.98. The first kappa shape index (κ1) is 14.1. The van der Waals surface area contributed by atoms with Gasteiger partial charge in [-0.2, -0.15) is 0 Å². The van der Waals surface area contributed by atoms with Crippen molar-refractivity contribution in [3.63, 3.8) is 0 Å². The normalized spacial score (nSPS) is 11.8. The summed E-state index contributed by atoms with van der Waals surface area (Å²) >= 11 is 0. The molecule has 0 aliphatic heterocycles. The zero-order valence-electron chi connectivity index (χ0n) is 12.4. The van der Waals surface area contributed by atoms with Crippen molar-refractivity contribution in [1.82, 2.24) is 4.57 Å². The highest BCUT2D eigenvalue weighted by molar-refractivity contribution is 5.95. The molecule has 5 heteroatoms. The summed E-state index contributed by atoms with van der Waals surface area (Å²) in [5, 5.41) is 29.3. The van der Waals surface area contributed by atoms with Crippen LogP contribution in [0.4, 0.5) is 11.4 Å². The number of fused-ring (bicyclic) bond motifs is 1. The van der Waals surface area contributed by atoms with Crippen LogP contribution >= 0.6 is 0 Å². The fourth-order valence-corrected chi connectivity index (χ4v) is 2.51. The van der Waals surface area contributed by atoms with E-state index < -0.39 is 0 Å². The molecule has 0 aliphatic carbocycles. The van der Waals surface area contributed by atoms with Gasteiger partial charge in [0.25, 0.3) is 0 Å². The third-order valence-corrected chi connectivity index (χ3v) is 3.51. The van der Waals surface area contributed by atoms with Crippen LogP contribution in [-0.4, -0.2) is 14.8 Å². The van der Waals surface area contributed by atoms with Crippen molar-refractivity contribution in [3.8, 4) is 11.6 Å². The number of para-hydroxylation sites is 2. The van der Waals surface area contributed by atoms with Crippen molar-refractivity contribution in [2.24, 2.45) is 10.2 Å². The molecule has 0 saturated heterocycles. The van der Waals surface area contributed by atoms with E-state index in [-0.39, 0.29) is 17.7 Å². The number of nitrogens with zero attached hydrogens (tertiary/aromatic N) is 3. The Hall–Kier alpha value is -2.82. The summed E-state index contributed by atoms with van der Waals surface area (Å²) in [6, 6.07) is 14.4. The Morgan fingerprint density at radius 2 is 1.59 bits per heavy atom. The van der Waals surface area contributed by atoms with Crippen LogP contribution in [0.25, 0.3) is 10.9 Å². The maximum atomic E-state index is 10.5. The molecule has 0 aliphatic rings. The molecular formula is C17H17N3O2. The van der Waals surface area contributed by atoms with Crippen molar-refractivity contribution in [2.45, 2.75) is 19.9 Å². The molecule has 0 saturated carbocycles. The van der Waals surface area contributed by atoms with Crippen molar-refractivity contribution in [1.29, 1.82) is 0 Å². The Balaban J connectivity index is 2.16. The summed E-state index contributed by atoms with van der Waals surface area (Å²) in [7, 11) is 0. The molecule has 3 rings (SSSR count). The standard InChI is InChI=1S/C17H17N3O2/c1-11(2)20-14-9-5-3-7-12(14)16(17(20)22)19-18-13-8-4-6-10-15(13)21/h3-11,21-22H,1-2H3. The van der Waals surface area contributed by atoms with Crippen molar-refractivity contribution < 1.29 is 10.2 Å². The van der Waals surface area contributed by atoms with Gasteiger partial charge in [-0.15, -0.1) is 10.2 Å². The van der Waals surface area contributed by atoms with Crippen LogP contribution in [0, 0.1) is 0 Å². The minimum Gasteiger partial charge on any atom is -0.506 e. The van der Waals surface area contributed by atoms with E-state index in [1.165, 1.54) is 0 Å². The summed E-state index contributed by atoms with van der Waals surface area (Å²) < 4.78 is 1.81. The molecule has 112 valence electrons. The Morgan fingerprint density at radius 1 is 0.909 bits per heavy atom. The van der Waals surface area contributed by atoms with Gasteiger partial charge in [-0.3, -0.25) is 0 Å². The van der Waals surface area contributed by atoms with Crippen LogP contribution in [0.15, 0.2) is 58.8 Å². The SMILES string of the molecule is CC(C)n1c(O)c(N=Nc2ccccc2O)c2ccccc21. The second kappa shape index (κ2) is 5.52. The summed E-state index contributed by atoms with van der Waals surface area (Å²) in [4.78, 5) is 0. The largest absolute Gasteiger partial charge is 0.506 e. The molecule has 0 fully saturated rings. The van der Waals surface area contributed by atoms with Gasteiger partial charge in [-0.1, -0.05) is 30.3 Å². The summed E-state index contributed by atoms with van der Waals surface area (Å²) in [5.74, 6) is 0.133. The highest BCUT2D eigenvalue weighted by Gasteiger charge is 2.18. The first-order valence-electron chi connectivity index (χ1n) is 7.11. The number of hydrogen-bond acceptors (Lipinski definition) is 4. The maximum Gasteiger partial charge on any atom is 0.221 e. The molecule has 0 bridgehead atoms. The highest BCUT2D eigenvalue weighted by Crippen LogP contribution is 2.41. The summed E-state index contributed by atoms with van der Waals surface area (Å²) in [5.41, 5.74) is 1.68. The van der Waals surface area contributed by atoms with Gasteiger partial charge in [-0.05, 0) is 32.0 Å². The van der Waals surface area contributed by atoms with E-state index >= 15 is 0 Å². The molecule has 2 aromatic carbocycles. The minimum atomic E-state index is 0.0540. The lowest BCUT2D eigenvalue weighted by Gasteiger charge is -2.10. The first-order chi connectivity index (χ1) is 10.6. The van der Waals surface area contributed by atoms with Crippen molar-refractivity contribution in [3.05, 3.63) is 48.5 Å². The average Bonchev–Trinajstić information content (AvgIpc) is 2.78. The fraction of sp³-hybridized carbons (Fsp3) is 0.176. The van der Waals surface area contributed by atoms with Crippen LogP contribution in [0.5, 0.6) is 11.6 Å². The van der Waals surface area contributed by atoms with Crippen LogP contribution < -0.4 is 0 Å². The van der Waals surface area contributed by atoms with Crippen molar-refractivity contribution >= 4 is 22.3 Å². The lowest BCUT2D eigenvalue weighted by molar-refractivity contribution is 0.407. The molecule has 5 nitrogen and oxygen atoms in total. The number of phenolic OH excluding ortho intramolecular Hbond substituents is 1. The molecule has 22 heavy (non-hydrogen) atoms. The third-order valence-electron chi connectivity index (χ3n) is 3.51. The van der Waals surface area contributed by atoms with E-state index in [0.29, 0.717) is 11.4 Å². The monoisotopic (exact) mass is 295 g/mol. The van der Waals surface area contributed by atoms with E-state index in [9.17, 15) is 10.2 Å². The van der Waals surface area contributed by atoms with E-state index in [4.69, 9.17) is 0 Å². The Kier molecular flexibility index (Phi) is 3.55. The van der Waals surface area contributed by atoms with Gasteiger partial charge in [0.05, 0.1) is 5.52 Å². The number of hydrogen-bond donors (Lipinski definition) is 2. The zero-order valence-corrected chi connectivity index (χ0v) is 12.4. The molecule has 0 atom stereocenters. The number of azo groups is 1. The van der Waals surface area contributed by atoms with E-state index in [2.05, 4.69) is 10.2 Å². The van der Waals surface area contributed by atoms with E-state index in [0.717, 1.165) is 10.9 Å². The smallest absolute Gasteiger partial charge is 0.221 e. The number of benzene rings is 2. The van der Waals surface area contributed by atoms with Crippen LogP contribution in [0.3, 0.4) is 0 Å². The molecule has 3 aromatic rings. The Morgan fingerprint density at radius 3 is 2.32 bits per heavy atom. The second-order valence-electron chi connectivity index (χ2n) is 5.34. The molecule has 0 unspecified atom stereocenters. The number of aromatic nitrogens is 1. The fourth-order valence-electron chi connectivity index (χ4n) is 2.51. The predicted molar refractivity (Wildman–Crippen MR) is 86.3 cm³/mol. The molecule has 0 spiro atoms. The molecular weight excluding hydrogens is 278 g/mol. The van der Waals surface area contributed by atoms with Crippen LogP contribution in [0.2, 0.25) is 0 Å². The van der Waals surface area contributed by atoms with Crippen molar-refractivity contribution in [2.75, 3.05) is 0 Å². The number of rotatable bonds is 3. The topological polar surface area (TPSA) is 70.1 Å². The third kappa shape index (κ3) is 2.30. The highest BCUT2D eigenvalue weighted by atomic mass is 16.3. The van der Waals surface area contributed by atoms with Gasteiger partial charge >= 0.3 is 0 Å². The summed E-state index contributed by atoms with van der Waals surface area (Å²) in [6.45, 7) is 3.99. The molecule has 0 radical (unpaired) electrons. The predicted octanol–water partition coefficient (Wildman–Crippen LogP) is 5.05. The number of phenols is 1. The summed E-state index contributed by atoms with van der Waals surface area (Å²) in [6.07, 6.45) is 0. The number of aromatic hydroxyl groups is 2. The molecule has 1 aromatic heterocycles. The van der Waals surface area contributed by atoms with Gasteiger partial charge in [0.2, 0.25) is 5.88 Å². The maximum absolute atomic E-state index is 10.5. The van der Waals surface area contributed by atoms with Crippen LogP contribution in [0.1, 0.15) is 19.9 Å². The van der Waals surface area contributed by atoms with Gasteiger partial charge < -0.3 is 14.8 Å². The Labute approximate surface area is 128 Å². The van der Waals surface area contributed by atoms with Gasteiger partial charge in [0.1, 0.15) is 11.4 Å². The van der Waals surface area contributed by atoms with Gasteiger partial charge in [0.15, 0.2) is 5.69 Å². The lowest BCUT2D eigenvalue weighted by atomic mass is 10.2. The zero-order chi connectivity index (χ0) is 15.7.